The molecule has 6 rings (SSSR count). The number of benzene rings is 1. The molecule has 25 heavy (non-hydrogen) atoms. The molecule has 1 aliphatic carbocycles. The van der Waals surface area contributed by atoms with Crippen molar-refractivity contribution in [1.29, 1.82) is 0 Å². The molecule has 5 heteroatoms. The molecule has 5 atom stereocenters. The van der Waals surface area contributed by atoms with Crippen LogP contribution < -0.4 is 0 Å². The van der Waals surface area contributed by atoms with Crippen LogP contribution in [0.3, 0.4) is 0 Å². The lowest BCUT2D eigenvalue weighted by Crippen LogP contribution is -2.67. The Morgan fingerprint density at radius 3 is 3.04 bits per heavy atom. The van der Waals surface area contributed by atoms with Crippen LogP contribution in [0.4, 0.5) is 0 Å². The van der Waals surface area contributed by atoms with E-state index in [2.05, 4.69) is 16.8 Å². The number of hydrogen-bond acceptors (Lipinski definition) is 3. The molecule has 3 fully saturated rings. The molecule has 1 aromatic carbocycles. The van der Waals surface area contributed by atoms with Gasteiger partial charge in [-0.25, -0.2) is 0 Å². The molecule has 1 unspecified atom stereocenters. The van der Waals surface area contributed by atoms with Crippen LogP contribution >= 0.6 is 0 Å². The minimum absolute atomic E-state index is 0.0721. The number of rotatable bonds is 2. The number of fused-ring (bicyclic) bond motifs is 4. The fourth-order valence-corrected chi connectivity index (χ4v) is 6.14. The van der Waals surface area contributed by atoms with Crippen LogP contribution in [0.15, 0.2) is 18.2 Å². The normalized spacial score (nSPS) is 36.2. The van der Waals surface area contributed by atoms with Gasteiger partial charge in [0, 0.05) is 35.7 Å². The largest absolute Gasteiger partial charge is 0.508 e. The molecule has 2 saturated heterocycles. The van der Waals surface area contributed by atoms with Crippen LogP contribution in [-0.2, 0) is 16.6 Å². The average Bonchev–Trinajstić information content (AvgIpc) is 2.92. The van der Waals surface area contributed by atoms with E-state index >= 15 is 0 Å². The summed E-state index contributed by atoms with van der Waals surface area (Å²) in [4.78, 5) is 18.6. The zero-order valence-corrected chi connectivity index (χ0v) is 14.5. The highest BCUT2D eigenvalue weighted by atomic mass is 16.4. The smallest absolute Gasteiger partial charge is 0.317 e. The summed E-state index contributed by atoms with van der Waals surface area (Å²) in [5.74, 6) is 0.439. The number of piperidine rings is 2. The van der Waals surface area contributed by atoms with Crippen LogP contribution in [0.25, 0.3) is 10.9 Å². The molecule has 4 bridgehead atoms. The summed E-state index contributed by atoms with van der Waals surface area (Å²) in [6.45, 7) is 4.13. The van der Waals surface area contributed by atoms with Crippen molar-refractivity contribution >= 4 is 16.9 Å². The fraction of sp³-hybridized carbons (Fsp3) is 0.550. The van der Waals surface area contributed by atoms with Gasteiger partial charge in [-0.2, -0.15) is 0 Å². The van der Waals surface area contributed by atoms with Crippen LogP contribution in [0, 0.1) is 11.8 Å². The predicted molar refractivity (Wildman–Crippen MR) is 94.8 cm³/mol. The molecular weight excluding hydrogens is 316 g/mol. The molecule has 2 aromatic rings. The Bertz CT molecular complexity index is 873. The van der Waals surface area contributed by atoms with E-state index in [0.29, 0.717) is 11.8 Å². The van der Waals surface area contributed by atoms with Gasteiger partial charge in [0.05, 0.1) is 0 Å². The lowest BCUT2D eigenvalue weighted by molar-refractivity contribution is -0.158. The summed E-state index contributed by atoms with van der Waals surface area (Å²) in [6, 6.07) is 5.38. The first kappa shape index (κ1) is 15.3. The summed E-state index contributed by atoms with van der Waals surface area (Å²) in [5, 5.41) is 21.3. The predicted octanol–water partition coefficient (Wildman–Crippen LogP) is 2.87. The number of aromatic amines is 1. The Kier molecular flexibility index (Phi) is 3.06. The monoisotopic (exact) mass is 340 g/mol. The molecule has 4 aliphatic rings. The number of nitrogens with zero attached hydrogens (tertiary/aromatic N) is 1. The number of nitrogens with one attached hydrogen (secondary N) is 1. The molecular formula is C20H24N2O3. The van der Waals surface area contributed by atoms with Gasteiger partial charge in [0.2, 0.25) is 0 Å². The Morgan fingerprint density at radius 2 is 2.28 bits per heavy atom. The van der Waals surface area contributed by atoms with Crippen molar-refractivity contribution < 1.29 is 15.0 Å². The van der Waals surface area contributed by atoms with Crippen molar-refractivity contribution in [3.63, 3.8) is 0 Å². The SMILES string of the molecule is CC[C@H]1C[C@@H]2CN3CCc4c([nH]c5ccc(O)cc45)[C@](C(=O)O)(C2)[C@H]13. The van der Waals surface area contributed by atoms with Gasteiger partial charge in [0.1, 0.15) is 11.2 Å². The Balaban J connectivity index is 1.81. The molecule has 132 valence electrons. The molecule has 1 saturated carbocycles. The number of aromatic nitrogens is 1. The van der Waals surface area contributed by atoms with Crippen molar-refractivity contribution in [3.8, 4) is 5.75 Å². The van der Waals surface area contributed by atoms with Crippen molar-refractivity contribution in [2.75, 3.05) is 13.1 Å². The van der Waals surface area contributed by atoms with E-state index in [0.717, 1.165) is 60.9 Å². The summed E-state index contributed by atoms with van der Waals surface area (Å²) in [7, 11) is 0. The van der Waals surface area contributed by atoms with Gasteiger partial charge in [0.25, 0.3) is 0 Å². The molecule has 3 aliphatic heterocycles. The van der Waals surface area contributed by atoms with Gasteiger partial charge in [-0.05, 0) is 54.9 Å². The maximum atomic E-state index is 12.7. The number of carboxylic acid groups (broad SMARTS) is 1. The number of H-pyrrole nitrogens is 1. The molecule has 0 amide bonds. The second kappa shape index (κ2) is 5.01. The van der Waals surface area contributed by atoms with Crippen LogP contribution in [0.2, 0.25) is 0 Å². The highest BCUT2D eigenvalue weighted by Gasteiger charge is 2.62. The number of phenolic OH excluding ortho intramolecular Hbond substituents is 1. The van der Waals surface area contributed by atoms with Crippen molar-refractivity contribution in [2.45, 2.75) is 44.1 Å². The second-order valence-corrected chi connectivity index (χ2v) is 8.15. The Morgan fingerprint density at radius 1 is 1.44 bits per heavy atom. The second-order valence-electron chi connectivity index (χ2n) is 8.15. The number of hydrogen-bond donors (Lipinski definition) is 3. The van der Waals surface area contributed by atoms with Gasteiger partial charge in [0.15, 0.2) is 0 Å². The van der Waals surface area contributed by atoms with Gasteiger partial charge >= 0.3 is 5.97 Å². The van der Waals surface area contributed by atoms with E-state index in [4.69, 9.17) is 0 Å². The summed E-state index contributed by atoms with van der Waals surface area (Å²) in [6.07, 6.45) is 3.76. The van der Waals surface area contributed by atoms with Gasteiger partial charge in [-0.15, -0.1) is 0 Å². The summed E-state index contributed by atoms with van der Waals surface area (Å²) in [5.41, 5.74) is 2.09. The first-order chi connectivity index (χ1) is 12.0. The summed E-state index contributed by atoms with van der Waals surface area (Å²) < 4.78 is 0. The Labute approximate surface area is 146 Å². The molecule has 0 radical (unpaired) electrons. The zero-order valence-electron chi connectivity index (χ0n) is 14.5. The van der Waals surface area contributed by atoms with Crippen LogP contribution in [-0.4, -0.2) is 45.2 Å². The topological polar surface area (TPSA) is 76.6 Å². The third-order valence-electron chi connectivity index (χ3n) is 6.98. The zero-order chi connectivity index (χ0) is 17.3. The van der Waals surface area contributed by atoms with Crippen molar-refractivity contribution in [3.05, 3.63) is 29.5 Å². The standard InChI is InChI=1S/C20H24N2O3/c1-2-12-7-11-9-20(19(24)25)17-14(5-6-22(10-11)18(12)20)15-8-13(23)3-4-16(15)21-17/h3-4,8,11-12,18,21,23H,2,5-7,9-10H2,1H3,(H,24,25)/t11-,12-,18-,20+/m0/s1. The van der Waals surface area contributed by atoms with Gasteiger partial charge in [-0.3, -0.25) is 9.69 Å². The lowest BCUT2D eigenvalue weighted by atomic mass is 9.56. The highest BCUT2D eigenvalue weighted by Crippen LogP contribution is 2.55. The van der Waals surface area contributed by atoms with Gasteiger partial charge in [-0.1, -0.05) is 13.3 Å². The third-order valence-corrected chi connectivity index (χ3v) is 6.98. The van der Waals surface area contributed by atoms with Crippen molar-refractivity contribution in [2.24, 2.45) is 11.8 Å². The lowest BCUT2D eigenvalue weighted by Gasteiger charge is -2.57. The number of aliphatic carboxylic acids is 1. The van der Waals surface area contributed by atoms with Crippen LogP contribution in [0.1, 0.15) is 37.4 Å². The molecule has 1 aromatic heterocycles. The fourth-order valence-electron chi connectivity index (χ4n) is 6.14. The van der Waals surface area contributed by atoms with E-state index in [1.807, 2.05) is 6.07 Å². The number of phenols is 1. The van der Waals surface area contributed by atoms with Crippen LogP contribution in [0.5, 0.6) is 5.75 Å². The Hall–Kier alpha value is -2.01. The quantitative estimate of drug-likeness (QED) is 0.786. The first-order valence-corrected chi connectivity index (χ1v) is 9.36. The van der Waals surface area contributed by atoms with E-state index in [1.54, 1.807) is 12.1 Å². The minimum Gasteiger partial charge on any atom is -0.508 e. The third kappa shape index (κ3) is 1.85. The number of carbonyl (C=O) groups is 1. The summed E-state index contributed by atoms with van der Waals surface area (Å²) >= 11 is 0. The molecule has 5 nitrogen and oxygen atoms in total. The molecule has 0 spiro atoms. The average molecular weight is 340 g/mol. The van der Waals surface area contributed by atoms with E-state index in [9.17, 15) is 15.0 Å². The molecule has 4 heterocycles. The van der Waals surface area contributed by atoms with Gasteiger partial charge < -0.3 is 15.2 Å². The van der Waals surface area contributed by atoms with E-state index in [-0.39, 0.29) is 11.8 Å². The first-order valence-electron chi connectivity index (χ1n) is 9.36. The van der Waals surface area contributed by atoms with Crippen molar-refractivity contribution in [1.82, 2.24) is 9.88 Å². The molecule has 3 N–H and O–H groups in total. The van der Waals surface area contributed by atoms with E-state index < -0.39 is 11.4 Å². The number of carboxylic acids is 1. The van der Waals surface area contributed by atoms with E-state index in [1.165, 1.54) is 0 Å². The highest BCUT2D eigenvalue weighted by molar-refractivity contribution is 5.91. The minimum atomic E-state index is -0.845. The maximum absolute atomic E-state index is 12.7. The number of aromatic hydroxyl groups is 1. The maximum Gasteiger partial charge on any atom is 0.317 e.